The van der Waals surface area contributed by atoms with Crippen LogP contribution in [0.25, 0.3) is 10.8 Å². The number of hydrogen-bond donors (Lipinski definition) is 5. The van der Waals surface area contributed by atoms with Gasteiger partial charge in [0.25, 0.3) is 0 Å². The molecule has 3 atom stereocenters. The van der Waals surface area contributed by atoms with Crippen LogP contribution in [0.5, 0.6) is 11.5 Å². The Labute approximate surface area is 512 Å². The van der Waals surface area contributed by atoms with Crippen molar-refractivity contribution in [2.75, 3.05) is 250 Å². The number of benzene rings is 2. The van der Waals surface area contributed by atoms with Crippen molar-refractivity contribution >= 4 is 40.4 Å². The van der Waals surface area contributed by atoms with Crippen LogP contribution < -0.4 is 30.7 Å². The van der Waals surface area contributed by atoms with Gasteiger partial charge in [-0.2, -0.15) is 11.8 Å². The van der Waals surface area contributed by atoms with Gasteiger partial charge in [-0.3, -0.25) is 9.59 Å². The summed E-state index contributed by atoms with van der Waals surface area (Å²) < 4.78 is 100. The summed E-state index contributed by atoms with van der Waals surface area (Å²) in [6, 6.07) is 12.0. The molecule has 0 unspecified atom stereocenters. The standard InChI is InChI=1S/C59H100N4O22S/c64-14-18-71-22-26-83-46-48-85-54-8-4-5-50-51(54)6-3-7-53(50)84-47-45-82-25-21-70-17-13-61-57(66)11-15-68-19-23-72-27-29-74-31-33-76-35-37-78-39-41-80-43-44-81-42-40-79-38-36-77-34-32-75-30-28-73-24-20-69-16-12-60-56(65)10-2-1-9-55-58-52(49-86-55)62-59(67)63-58/h3-8,52,55,58,64H,1-2,9-49H2,(H,60,65)(H,61,66)(H2,62,63,67)/t52-,55-,58-/m0/s1. The van der Waals surface area contributed by atoms with Gasteiger partial charge in [-0.15, -0.1) is 0 Å². The van der Waals surface area contributed by atoms with Gasteiger partial charge in [-0.25, -0.2) is 4.79 Å². The number of unbranched alkanes of at least 4 members (excludes halogenated alkanes) is 1. The van der Waals surface area contributed by atoms with E-state index >= 15 is 0 Å². The van der Waals surface area contributed by atoms with Gasteiger partial charge in [-0.1, -0.05) is 30.7 Å². The first-order valence-electron chi connectivity index (χ1n) is 30.4. The molecule has 2 aliphatic rings. The molecule has 2 heterocycles. The molecule has 2 aromatic rings. The predicted octanol–water partition coefficient (Wildman–Crippen LogP) is 2.20. The molecule has 0 aromatic heterocycles. The van der Waals surface area contributed by atoms with E-state index in [-0.39, 0.29) is 43.0 Å². The highest BCUT2D eigenvalue weighted by Crippen LogP contribution is 2.34. The number of urea groups is 1. The molecule has 2 aromatic carbocycles. The maximum atomic E-state index is 12.1. The number of aliphatic hydroxyl groups excluding tert-OH is 1. The van der Waals surface area contributed by atoms with E-state index in [1.54, 1.807) is 0 Å². The number of nitrogens with one attached hydrogen (secondary N) is 4. The highest BCUT2D eigenvalue weighted by molar-refractivity contribution is 8.00. The zero-order valence-electron chi connectivity index (χ0n) is 50.5. The summed E-state index contributed by atoms with van der Waals surface area (Å²) in [6.07, 6.45) is 3.55. The lowest BCUT2D eigenvalue weighted by Crippen LogP contribution is -2.36. The quantitative estimate of drug-likeness (QED) is 0.0469. The molecular weight excluding hydrogens is 1150 g/mol. The number of amides is 4. The molecule has 0 saturated carbocycles. The molecule has 2 aliphatic heterocycles. The normalized spacial score (nSPS) is 15.5. The van der Waals surface area contributed by atoms with Crippen molar-refractivity contribution < 1.29 is 105 Å². The Kier molecular flexibility index (Phi) is 47.0. The van der Waals surface area contributed by atoms with Crippen LogP contribution in [0, 0.1) is 0 Å². The van der Waals surface area contributed by atoms with Crippen LogP contribution in [-0.4, -0.2) is 290 Å². The maximum absolute atomic E-state index is 12.1. The molecule has 27 heteroatoms. The van der Waals surface area contributed by atoms with Crippen LogP contribution >= 0.6 is 11.8 Å². The molecule has 494 valence electrons. The molecular formula is C59H100N4O22S. The third-order valence-electron chi connectivity index (χ3n) is 12.6. The van der Waals surface area contributed by atoms with E-state index in [0.717, 1.165) is 47.3 Å². The van der Waals surface area contributed by atoms with Crippen molar-refractivity contribution in [2.45, 2.75) is 49.4 Å². The van der Waals surface area contributed by atoms with Crippen molar-refractivity contribution in [1.82, 2.24) is 21.3 Å². The number of aliphatic hydroxyl groups is 1. The zero-order valence-corrected chi connectivity index (χ0v) is 51.3. The number of fused-ring (bicyclic) bond motifs is 2. The van der Waals surface area contributed by atoms with Crippen molar-refractivity contribution in [1.29, 1.82) is 0 Å². The van der Waals surface area contributed by atoms with Gasteiger partial charge in [0.1, 0.15) is 24.7 Å². The van der Waals surface area contributed by atoms with E-state index in [1.165, 1.54) is 0 Å². The van der Waals surface area contributed by atoms with Gasteiger partial charge in [0.2, 0.25) is 11.8 Å². The number of ether oxygens (including phenoxy) is 18. The minimum absolute atomic E-state index is 0.00360. The highest BCUT2D eigenvalue weighted by atomic mass is 32.2. The molecule has 0 bridgehead atoms. The van der Waals surface area contributed by atoms with E-state index in [4.69, 9.17) is 90.4 Å². The van der Waals surface area contributed by atoms with Crippen LogP contribution in [0.4, 0.5) is 4.79 Å². The lowest BCUT2D eigenvalue weighted by Gasteiger charge is -2.16. The average Bonchev–Trinajstić information content (AvgIpc) is 1.87. The molecule has 26 nitrogen and oxygen atoms in total. The minimum Gasteiger partial charge on any atom is -0.491 e. The number of rotatable bonds is 63. The van der Waals surface area contributed by atoms with Crippen LogP contribution in [0.3, 0.4) is 0 Å². The molecule has 86 heavy (non-hydrogen) atoms. The first-order valence-corrected chi connectivity index (χ1v) is 31.4. The smallest absolute Gasteiger partial charge is 0.315 e. The van der Waals surface area contributed by atoms with E-state index < -0.39 is 0 Å². The first-order chi connectivity index (χ1) is 42.5. The van der Waals surface area contributed by atoms with E-state index in [9.17, 15) is 14.4 Å². The summed E-state index contributed by atoms with van der Waals surface area (Å²) in [5.41, 5.74) is 0. The topological polar surface area (TPSA) is 286 Å². The molecule has 4 amide bonds. The Balaban J connectivity index is 0.742. The second-order valence-electron chi connectivity index (χ2n) is 19.1. The summed E-state index contributed by atoms with van der Waals surface area (Å²) in [6.45, 7) is 15.6. The van der Waals surface area contributed by atoms with Gasteiger partial charge in [0, 0.05) is 47.7 Å². The minimum atomic E-state index is -0.110. The van der Waals surface area contributed by atoms with E-state index in [0.29, 0.717) is 249 Å². The number of carbonyl (C=O) groups excluding carboxylic acids is 3. The largest absolute Gasteiger partial charge is 0.491 e. The van der Waals surface area contributed by atoms with Crippen molar-refractivity contribution in [3.63, 3.8) is 0 Å². The molecule has 5 N–H and O–H groups in total. The van der Waals surface area contributed by atoms with Crippen LogP contribution in [0.2, 0.25) is 0 Å². The monoisotopic (exact) mass is 1250 g/mol. The Morgan fingerprint density at radius 1 is 0.419 bits per heavy atom. The Morgan fingerprint density at radius 2 is 0.756 bits per heavy atom. The molecule has 4 rings (SSSR count). The lowest BCUT2D eigenvalue weighted by molar-refractivity contribution is -0.123. The molecule has 0 aliphatic carbocycles. The van der Waals surface area contributed by atoms with Gasteiger partial charge >= 0.3 is 6.03 Å². The number of hydrogen-bond acceptors (Lipinski definition) is 23. The summed E-state index contributed by atoms with van der Waals surface area (Å²) in [5, 5.41) is 22.7. The van der Waals surface area contributed by atoms with Crippen LogP contribution in [0.15, 0.2) is 36.4 Å². The van der Waals surface area contributed by atoms with Crippen LogP contribution in [0.1, 0.15) is 32.1 Å². The molecule has 0 spiro atoms. The first kappa shape index (κ1) is 74.6. The summed E-state index contributed by atoms with van der Waals surface area (Å²) in [4.78, 5) is 35.7. The zero-order chi connectivity index (χ0) is 60.7. The third-order valence-corrected chi connectivity index (χ3v) is 14.1. The summed E-state index contributed by atoms with van der Waals surface area (Å²) in [5.74, 6) is 2.37. The van der Waals surface area contributed by atoms with Crippen LogP contribution in [-0.2, 0) is 85.4 Å². The highest BCUT2D eigenvalue weighted by Gasteiger charge is 2.42. The van der Waals surface area contributed by atoms with Gasteiger partial charge in [-0.05, 0) is 25.0 Å². The fourth-order valence-electron chi connectivity index (χ4n) is 8.30. The van der Waals surface area contributed by atoms with E-state index in [1.807, 2.05) is 48.2 Å². The average molecular weight is 1250 g/mol. The molecule has 2 fully saturated rings. The third kappa shape index (κ3) is 39.2. The van der Waals surface area contributed by atoms with Gasteiger partial charge in [0.05, 0.1) is 230 Å². The Bertz CT molecular complexity index is 1960. The van der Waals surface area contributed by atoms with Crippen molar-refractivity contribution in [3.8, 4) is 11.5 Å². The van der Waals surface area contributed by atoms with Gasteiger partial charge in [0.15, 0.2) is 0 Å². The SMILES string of the molecule is O=C(CCCC[C@@H]1SC[C@@H]2NC(=O)N[C@@H]21)NCCOCCOCCOCCOCCOCCOCCOCCOCCOCCOCCOCCOCCC(=O)NCCOCCOCCOc1cccc2c(OCCOCCOCCO)cccc12. The Hall–Kier alpha value is -3.82. The van der Waals surface area contributed by atoms with Crippen molar-refractivity contribution in [3.05, 3.63) is 36.4 Å². The van der Waals surface area contributed by atoms with Gasteiger partial charge < -0.3 is 112 Å². The Morgan fingerprint density at radius 3 is 1.14 bits per heavy atom. The second-order valence-corrected chi connectivity index (χ2v) is 20.4. The summed E-state index contributed by atoms with van der Waals surface area (Å²) in [7, 11) is 0. The second kappa shape index (κ2) is 54.1. The number of thioether (sulfide) groups is 1. The fraction of sp³-hybridized carbons (Fsp3) is 0.780. The number of carbonyl (C=O) groups is 3. The van der Waals surface area contributed by atoms with Crippen molar-refractivity contribution in [2.24, 2.45) is 0 Å². The summed E-state index contributed by atoms with van der Waals surface area (Å²) >= 11 is 1.90. The maximum Gasteiger partial charge on any atom is 0.315 e. The molecule has 2 saturated heterocycles. The molecule has 0 radical (unpaired) electrons. The van der Waals surface area contributed by atoms with E-state index in [2.05, 4.69) is 21.3 Å². The lowest BCUT2D eigenvalue weighted by atomic mass is 10.0. The predicted molar refractivity (Wildman–Crippen MR) is 320 cm³/mol. The fourth-order valence-corrected chi connectivity index (χ4v) is 9.84.